The average molecular weight is 223 g/mol. The fourth-order valence-corrected chi connectivity index (χ4v) is 3.31. The van der Waals surface area contributed by atoms with Gasteiger partial charge >= 0.3 is 0 Å². The lowest BCUT2D eigenvalue weighted by atomic mass is 10.1. The molecule has 0 saturated heterocycles. The van der Waals surface area contributed by atoms with Crippen molar-refractivity contribution in [3.63, 3.8) is 0 Å². The molecule has 0 aliphatic heterocycles. The van der Waals surface area contributed by atoms with Crippen LogP contribution < -0.4 is 5.32 Å². The summed E-state index contributed by atoms with van der Waals surface area (Å²) in [5.74, 6) is 0.978. The Hall–Kier alpha value is -0.340. The molecule has 1 aromatic rings. The molecular weight excluding hydrogens is 202 g/mol. The van der Waals surface area contributed by atoms with Gasteiger partial charge in [-0.3, -0.25) is 0 Å². The van der Waals surface area contributed by atoms with Gasteiger partial charge in [-0.2, -0.15) is 11.3 Å². The minimum atomic E-state index is 0.772. The van der Waals surface area contributed by atoms with E-state index in [1.807, 2.05) is 11.3 Å². The van der Waals surface area contributed by atoms with Gasteiger partial charge in [-0.25, -0.2) is 0 Å². The highest BCUT2D eigenvalue weighted by molar-refractivity contribution is 7.08. The first-order chi connectivity index (χ1) is 7.29. The molecule has 2 heteroatoms. The zero-order valence-electron chi connectivity index (χ0n) is 9.75. The van der Waals surface area contributed by atoms with Crippen LogP contribution in [0.15, 0.2) is 10.8 Å². The molecule has 84 valence electrons. The molecule has 1 N–H and O–H groups in total. The topological polar surface area (TPSA) is 12.0 Å². The third-order valence-corrected chi connectivity index (χ3v) is 4.57. The minimum absolute atomic E-state index is 0.772. The third kappa shape index (κ3) is 2.82. The lowest BCUT2D eigenvalue weighted by molar-refractivity contribution is 0.476. The number of rotatable bonds is 4. The molecule has 1 fully saturated rings. The van der Waals surface area contributed by atoms with Crippen molar-refractivity contribution in [2.45, 2.75) is 52.1 Å². The van der Waals surface area contributed by atoms with Crippen LogP contribution in [0.3, 0.4) is 0 Å². The summed E-state index contributed by atoms with van der Waals surface area (Å²) in [6.45, 7) is 5.59. The molecule has 1 aliphatic carbocycles. The molecule has 2 atom stereocenters. The Balaban J connectivity index is 1.77. The molecule has 2 unspecified atom stereocenters. The molecule has 1 aliphatic rings. The maximum absolute atomic E-state index is 3.70. The van der Waals surface area contributed by atoms with Gasteiger partial charge in [0, 0.05) is 12.6 Å². The fraction of sp³-hybridized carbons (Fsp3) is 0.692. The van der Waals surface area contributed by atoms with E-state index in [9.17, 15) is 0 Å². The number of hydrogen-bond donors (Lipinski definition) is 1. The lowest BCUT2D eigenvalue weighted by Gasteiger charge is -2.12. The highest BCUT2D eigenvalue weighted by Crippen LogP contribution is 2.28. The molecule has 1 heterocycles. The van der Waals surface area contributed by atoms with Crippen molar-refractivity contribution >= 4 is 11.3 Å². The van der Waals surface area contributed by atoms with Gasteiger partial charge in [0.25, 0.3) is 0 Å². The van der Waals surface area contributed by atoms with Crippen LogP contribution in [0.2, 0.25) is 0 Å². The zero-order valence-corrected chi connectivity index (χ0v) is 10.6. The van der Waals surface area contributed by atoms with Gasteiger partial charge in [-0.15, -0.1) is 0 Å². The van der Waals surface area contributed by atoms with Crippen LogP contribution >= 0.6 is 11.3 Å². The van der Waals surface area contributed by atoms with Gasteiger partial charge in [0.05, 0.1) is 0 Å². The molecule has 0 spiro atoms. The van der Waals surface area contributed by atoms with Crippen LogP contribution in [-0.4, -0.2) is 6.04 Å². The molecule has 1 saturated carbocycles. The molecule has 0 radical (unpaired) electrons. The van der Waals surface area contributed by atoms with Crippen LogP contribution in [-0.2, 0) is 6.54 Å². The maximum atomic E-state index is 3.70. The maximum Gasteiger partial charge on any atom is 0.0218 e. The Morgan fingerprint density at radius 1 is 1.40 bits per heavy atom. The molecule has 0 bridgehead atoms. The number of hydrogen-bond acceptors (Lipinski definition) is 2. The van der Waals surface area contributed by atoms with E-state index >= 15 is 0 Å². The van der Waals surface area contributed by atoms with Crippen LogP contribution in [0.25, 0.3) is 0 Å². The number of thiophene rings is 1. The Labute approximate surface area is 96.9 Å². The second-order valence-electron chi connectivity index (χ2n) is 4.75. The van der Waals surface area contributed by atoms with Crippen molar-refractivity contribution in [3.8, 4) is 0 Å². The van der Waals surface area contributed by atoms with E-state index in [1.54, 1.807) is 0 Å². The van der Waals surface area contributed by atoms with Gasteiger partial charge in [-0.05, 0) is 54.0 Å². The predicted octanol–water partition coefficient (Wildman–Crippen LogP) is 3.72. The van der Waals surface area contributed by atoms with Gasteiger partial charge in [0.1, 0.15) is 0 Å². The van der Waals surface area contributed by atoms with Crippen molar-refractivity contribution in [1.82, 2.24) is 5.32 Å². The summed E-state index contributed by atoms with van der Waals surface area (Å²) in [6.07, 6.45) is 5.55. The Morgan fingerprint density at radius 3 is 2.87 bits per heavy atom. The van der Waals surface area contributed by atoms with Crippen LogP contribution in [0.4, 0.5) is 0 Å². The smallest absolute Gasteiger partial charge is 0.0218 e. The lowest BCUT2D eigenvalue weighted by Crippen LogP contribution is -2.25. The van der Waals surface area contributed by atoms with Crippen molar-refractivity contribution in [3.05, 3.63) is 21.9 Å². The first-order valence-corrected chi connectivity index (χ1v) is 6.99. The molecule has 15 heavy (non-hydrogen) atoms. The van der Waals surface area contributed by atoms with Crippen molar-refractivity contribution in [2.24, 2.45) is 5.92 Å². The second kappa shape index (κ2) is 5.13. The van der Waals surface area contributed by atoms with E-state index in [0.29, 0.717) is 0 Å². The zero-order chi connectivity index (χ0) is 10.7. The van der Waals surface area contributed by atoms with E-state index in [1.165, 1.54) is 36.8 Å². The van der Waals surface area contributed by atoms with E-state index in [-0.39, 0.29) is 0 Å². The minimum Gasteiger partial charge on any atom is -0.310 e. The largest absolute Gasteiger partial charge is 0.310 e. The Bertz CT molecular complexity index is 305. The highest BCUT2D eigenvalue weighted by atomic mass is 32.1. The van der Waals surface area contributed by atoms with Crippen molar-refractivity contribution < 1.29 is 0 Å². The molecular formula is C13H21NS. The van der Waals surface area contributed by atoms with E-state index in [4.69, 9.17) is 0 Å². The van der Waals surface area contributed by atoms with Crippen LogP contribution in [0.5, 0.6) is 0 Å². The fourth-order valence-electron chi connectivity index (χ4n) is 2.45. The van der Waals surface area contributed by atoms with Crippen LogP contribution in [0.1, 0.15) is 43.7 Å². The summed E-state index contributed by atoms with van der Waals surface area (Å²) in [5.41, 5.74) is 2.93. The van der Waals surface area contributed by atoms with E-state index < -0.39 is 0 Å². The van der Waals surface area contributed by atoms with E-state index in [0.717, 1.165) is 18.5 Å². The second-order valence-corrected chi connectivity index (χ2v) is 5.49. The third-order valence-electron chi connectivity index (χ3n) is 3.66. The summed E-state index contributed by atoms with van der Waals surface area (Å²) in [6, 6.07) is 0.772. The summed E-state index contributed by atoms with van der Waals surface area (Å²) in [4.78, 5) is 0. The number of aryl methyl sites for hydroxylation is 1. The summed E-state index contributed by atoms with van der Waals surface area (Å²) < 4.78 is 0. The molecule has 0 amide bonds. The summed E-state index contributed by atoms with van der Waals surface area (Å²) in [7, 11) is 0. The molecule has 0 aromatic carbocycles. The molecule has 1 nitrogen and oxygen atoms in total. The van der Waals surface area contributed by atoms with Gasteiger partial charge in [0.2, 0.25) is 0 Å². The Kier molecular flexibility index (Phi) is 3.81. The summed E-state index contributed by atoms with van der Waals surface area (Å²) in [5, 5.41) is 8.20. The van der Waals surface area contributed by atoms with Crippen molar-refractivity contribution in [2.75, 3.05) is 0 Å². The standard InChI is InChI=1S/C13H21NS/c1-3-11-4-5-13(6-11)14-7-12-9-15-8-10(12)2/h8-9,11,13-14H,3-7H2,1-2H3. The predicted molar refractivity (Wildman–Crippen MR) is 67.3 cm³/mol. The summed E-state index contributed by atoms with van der Waals surface area (Å²) >= 11 is 1.81. The monoisotopic (exact) mass is 223 g/mol. The first-order valence-electron chi connectivity index (χ1n) is 6.04. The van der Waals surface area contributed by atoms with Gasteiger partial charge in [0.15, 0.2) is 0 Å². The quantitative estimate of drug-likeness (QED) is 0.820. The highest BCUT2D eigenvalue weighted by Gasteiger charge is 2.22. The number of nitrogens with one attached hydrogen (secondary N) is 1. The molecule has 2 rings (SSSR count). The van der Waals surface area contributed by atoms with Crippen LogP contribution in [0, 0.1) is 12.8 Å². The van der Waals surface area contributed by atoms with Gasteiger partial charge in [-0.1, -0.05) is 13.3 Å². The van der Waals surface area contributed by atoms with Crippen molar-refractivity contribution in [1.29, 1.82) is 0 Å². The molecule has 1 aromatic heterocycles. The van der Waals surface area contributed by atoms with E-state index in [2.05, 4.69) is 29.9 Å². The first kappa shape index (κ1) is 11.2. The average Bonchev–Trinajstić information content (AvgIpc) is 2.84. The Morgan fingerprint density at radius 2 is 2.27 bits per heavy atom. The SMILES string of the molecule is CCC1CCC(NCc2cscc2C)C1. The van der Waals surface area contributed by atoms with Gasteiger partial charge < -0.3 is 5.32 Å². The normalized spacial score (nSPS) is 26.0.